The van der Waals surface area contributed by atoms with Gasteiger partial charge in [-0.25, -0.2) is 4.79 Å². The van der Waals surface area contributed by atoms with Crippen molar-refractivity contribution < 1.29 is 28.4 Å². The topological polar surface area (TPSA) is 108 Å². The molecule has 0 atom stereocenters. The van der Waals surface area contributed by atoms with E-state index in [0.717, 1.165) is 49.9 Å². The number of ether oxygens (including phenoxy) is 1. The molecule has 1 aliphatic rings. The van der Waals surface area contributed by atoms with Gasteiger partial charge < -0.3 is 29.7 Å². The number of aryl methyl sites for hydroxylation is 1. The number of anilines is 1. The third-order valence-electron chi connectivity index (χ3n) is 7.56. The number of thiophene rings is 1. The van der Waals surface area contributed by atoms with Crippen LogP contribution in [0.4, 0.5) is 10.5 Å². The molecule has 4 amide bonds. The summed E-state index contributed by atoms with van der Waals surface area (Å²) >= 11 is 1.29. The van der Waals surface area contributed by atoms with Gasteiger partial charge >= 0.3 is 6.09 Å². The van der Waals surface area contributed by atoms with E-state index in [1.807, 2.05) is 42.6 Å². The number of hydrogen-bond donors (Lipinski definition) is 2. The van der Waals surface area contributed by atoms with Crippen LogP contribution >= 0.6 is 11.3 Å². The molecule has 236 valence electrons. The summed E-state index contributed by atoms with van der Waals surface area (Å²) in [6.07, 6.45) is 3.65. The van der Waals surface area contributed by atoms with Crippen LogP contribution in [-0.2, 0) is 20.9 Å². The molecule has 2 heterocycles. The number of rotatable bonds is 11. The molecule has 1 aromatic heterocycles. The molecule has 0 saturated carbocycles. The highest BCUT2D eigenvalue weighted by atomic mass is 32.1. The van der Waals surface area contributed by atoms with Gasteiger partial charge in [-0.15, -0.1) is 11.3 Å². The molecular weight excluding hydrogens is 566 g/mol. The van der Waals surface area contributed by atoms with E-state index in [1.165, 1.54) is 16.2 Å². The fraction of sp³-hybridized carbons (Fsp3) is 0.562. The molecule has 1 fully saturated rings. The number of benzene rings is 1. The van der Waals surface area contributed by atoms with Crippen molar-refractivity contribution in [2.45, 2.75) is 65.5 Å². The van der Waals surface area contributed by atoms with Crippen LogP contribution in [0, 0.1) is 6.92 Å². The molecule has 0 radical (unpaired) electrons. The Morgan fingerprint density at radius 1 is 0.907 bits per heavy atom. The Labute approximate surface area is 260 Å². The first kappa shape index (κ1) is 34.1. The summed E-state index contributed by atoms with van der Waals surface area (Å²) in [7, 11) is 3.31. The van der Waals surface area contributed by atoms with E-state index < -0.39 is 11.7 Å². The van der Waals surface area contributed by atoms with Crippen molar-refractivity contribution in [3.63, 3.8) is 0 Å². The van der Waals surface area contributed by atoms with E-state index in [-0.39, 0.29) is 30.8 Å². The van der Waals surface area contributed by atoms with Crippen LogP contribution in [0.5, 0.6) is 0 Å². The fourth-order valence-electron chi connectivity index (χ4n) is 5.14. The summed E-state index contributed by atoms with van der Waals surface area (Å²) in [5.74, 6) is -0.510. The second kappa shape index (κ2) is 15.3. The van der Waals surface area contributed by atoms with Gasteiger partial charge in [0, 0.05) is 33.7 Å². The van der Waals surface area contributed by atoms with Gasteiger partial charge in [-0.05, 0) is 69.9 Å². The van der Waals surface area contributed by atoms with Crippen LogP contribution in [0.2, 0.25) is 0 Å². The van der Waals surface area contributed by atoms with Gasteiger partial charge in [-0.1, -0.05) is 30.3 Å². The van der Waals surface area contributed by atoms with Crippen molar-refractivity contribution in [3.8, 4) is 0 Å². The number of carbonyl (C=O) groups is 4. The highest BCUT2D eigenvalue weighted by Crippen LogP contribution is 2.29. The van der Waals surface area contributed by atoms with Gasteiger partial charge in [0.25, 0.3) is 17.7 Å². The molecule has 1 aliphatic heterocycles. The van der Waals surface area contributed by atoms with Crippen LogP contribution in [0.25, 0.3) is 0 Å². The molecule has 43 heavy (non-hydrogen) atoms. The average Bonchev–Trinajstić information content (AvgIpc) is 3.14. The maximum absolute atomic E-state index is 13.5. The van der Waals surface area contributed by atoms with Gasteiger partial charge in [0.1, 0.15) is 10.5 Å². The van der Waals surface area contributed by atoms with Crippen molar-refractivity contribution >= 4 is 40.8 Å². The molecule has 11 heteroatoms. The minimum atomic E-state index is -0.603. The summed E-state index contributed by atoms with van der Waals surface area (Å²) in [5.41, 5.74) is 1.75. The zero-order valence-corrected chi connectivity index (χ0v) is 27.3. The zero-order valence-electron chi connectivity index (χ0n) is 26.5. The number of likely N-dealkylation sites (N-methyl/N-ethyl adjacent to an activating group) is 2. The van der Waals surface area contributed by atoms with Crippen molar-refractivity contribution in [1.29, 1.82) is 0 Å². The number of amides is 4. The molecule has 2 aromatic rings. The van der Waals surface area contributed by atoms with E-state index in [0.29, 0.717) is 34.7 Å². The SMILES string of the molecule is Cc1csc(C(=O)N(C)CCN(C)C(=O)OC(C)(C)C)c1NC(=O)C[N+]1(CC(=O)NCc2ccccc2)CCCCCC1. The molecule has 1 aromatic carbocycles. The average molecular weight is 615 g/mol. The lowest BCUT2D eigenvalue weighted by molar-refractivity contribution is -0.912. The molecule has 10 nitrogen and oxygen atoms in total. The molecule has 0 aliphatic carbocycles. The summed E-state index contributed by atoms with van der Waals surface area (Å²) in [6, 6.07) is 9.78. The van der Waals surface area contributed by atoms with Crippen molar-refractivity contribution in [1.82, 2.24) is 15.1 Å². The van der Waals surface area contributed by atoms with Gasteiger partial charge in [-0.3, -0.25) is 14.4 Å². The van der Waals surface area contributed by atoms with E-state index in [2.05, 4.69) is 10.6 Å². The molecule has 0 bridgehead atoms. The lowest BCUT2D eigenvalue weighted by Gasteiger charge is -2.36. The highest BCUT2D eigenvalue weighted by Gasteiger charge is 2.35. The molecule has 1 saturated heterocycles. The van der Waals surface area contributed by atoms with E-state index in [9.17, 15) is 19.2 Å². The number of likely N-dealkylation sites (tertiary alicyclic amines) is 1. The smallest absolute Gasteiger partial charge is 0.410 e. The second-order valence-electron chi connectivity index (χ2n) is 12.6. The number of quaternary nitrogens is 1. The minimum Gasteiger partial charge on any atom is -0.444 e. The van der Waals surface area contributed by atoms with Gasteiger partial charge in [0.15, 0.2) is 13.1 Å². The summed E-state index contributed by atoms with van der Waals surface area (Å²) in [6.45, 7) is 10.3. The van der Waals surface area contributed by atoms with Crippen LogP contribution in [-0.4, -0.2) is 97.1 Å². The first-order valence-electron chi connectivity index (χ1n) is 15.0. The number of nitrogens with one attached hydrogen (secondary N) is 2. The fourth-order valence-corrected chi connectivity index (χ4v) is 6.13. The number of carbonyl (C=O) groups excluding carboxylic acids is 4. The standard InChI is InChI=1S/C32H47N5O5S/c1-24-23-43-29(30(40)35(5)16-17-36(6)31(41)42-32(2,3)4)28(24)34-27(39)22-37(18-12-7-8-13-19-37)21-26(38)33-20-25-14-10-9-11-15-25/h9-11,14-15,23H,7-8,12-13,16-22H2,1-6H3,(H-,33,34,38,39,40)/p+1. The van der Waals surface area contributed by atoms with E-state index in [4.69, 9.17) is 4.74 Å². The highest BCUT2D eigenvalue weighted by molar-refractivity contribution is 7.13. The molecule has 2 N–H and O–H groups in total. The predicted molar refractivity (Wildman–Crippen MR) is 170 cm³/mol. The van der Waals surface area contributed by atoms with Gasteiger partial charge in [0.2, 0.25) is 0 Å². The van der Waals surface area contributed by atoms with Crippen LogP contribution < -0.4 is 10.6 Å². The maximum atomic E-state index is 13.5. The normalized spacial score (nSPS) is 14.7. The zero-order chi connectivity index (χ0) is 31.6. The largest absolute Gasteiger partial charge is 0.444 e. The first-order chi connectivity index (χ1) is 20.3. The van der Waals surface area contributed by atoms with Crippen LogP contribution in [0.15, 0.2) is 35.7 Å². The predicted octanol–water partition coefficient (Wildman–Crippen LogP) is 4.64. The monoisotopic (exact) mass is 614 g/mol. The first-order valence-corrected chi connectivity index (χ1v) is 15.9. The van der Waals surface area contributed by atoms with E-state index in [1.54, 1.807) is 39.8 Å². The van der Waals surface area contributed by atoms with Crippen LogP contribution in [0.3, 0.4) is 0 Å². The van der Waals surface area contributed by atoms with Gasteiger partial charge in [-0.2, -0.15) is 0 Å². The Balaban J connectivity index is 1.64. The number of nitrogens with zero attached hydrogens (tertiary/aromatic N) is 3. The molecule has 3 rings (SSSR count). The summed E-state index contributed by atoms with van der Waals surface area (Å²) in [4.78, 5) is 55.7. The Morgan fingerprint density at radius 3 is 2.14 bits per heavy atom. The Morgan fingerprint density at radius 2 is 1.51 bits per heavy atom. The third-order valence-corrected chi connectivity index (χ3v) is 8.65. The van der Waals surface area contributed by atoms with Crippen molar-refractivity contribution in [2.75, 3.05) is 58.7 Å². The Kier molecular flexibility index (Phi) is 12.1. The summed E-state index contributed by atoms with van der Waals surface area (Å²) in [5, 5.41) is 7.90. The minimum absolute atomic E-state index is 0.0703. The Bertz CT molecular complexity index is 1250. The van der Waals surface area contributed by atoms with Crippen molar-refractivity contribution in [2.24, 2.45) is 0 Å². The maximum Gasteiger partial charge on any atom is 0.410 e. The number of hydrogen-bond acceptors (Lipinski definition) is 6. The lowest BCUT2D eigenvalue weighted by atomic mass is 10.2. The third kappa shape index (κ3) is 10.7. The quantitative estimate of drug-likeness (QED) is 0.359. The second-order valence-corrected chi connectivity index (χ2v) is 13.5. The Hall–Kier alpha value is -3.44. The lowest BCUT2D eigenvalue weighted by Crippen LogP contribution is -2.57. The van der Waals surface area contributed by atoms with Crippen molar-refractivity contribution in [3.05, 3.63) is 51.7 Å². The molecule has 0 unspecified atom stereocenters. The molecule has 0 spiro atoms. The summed E-state index contributed by atoms with van der Waals surface area (Å²) < 4.78 is 5.79. The van der Waals surface area contributed by atoms with Crippen LogP contribution in [0.1, 0.15) is 67.3 Å². The molecular formula is C32H48N5O5S+. The van der Waals surface area contributed by atoms with Gasteiger partial charge in [0.05, 0.1) is 18.8 Å². The van der Waals surface area contributed by atoms with E-state index >= 15 is 0 Å².